The number of hydrogen-bond donors (Lipinski definition) is 2. The van der Waals surface area contributed by atoms with Crippen LogP contribution in [0.15, 0.2) is 24.3 Å². The Morgan fingerprint density at radius 3 is 2.33 bits per heavy atom. The molecule has 21 heavy (non-hydrogen) atoms. The molecule has 0 saturated heterocycles. The van der Waals surface area contributed by atoms with Gasteiger partial charge in [-0.1, -0.05) is 26.0 Å². The summed E-state index contributed by atoms with van der Waals surface area (Å²) in [6.45, 7) is 11.7. The van der Waals surface area contributed by atoms with Crippen LogP contribution in [0.5, 0.6) is 0 Å². The fraction of sp³-hybridized carbons (Fsp3) is 0.588. The number of nitrogens with zero attached hydrogens (tertiary/aromatic N) is 1. The molecule has 4 nitrogen and oxygen atoms in total. The Bertz CT molecular complexity index is 428. The van der Waals surface area contributed by atoms with Crippen LogP contribution >= 0.6 is 0 Å². The third-order valence-electron chi connectivity index (χ3n) is 3.75. The molecule has 0 aliphatic carbocycles. The molecule has 4 heteroatoms. The number of hydrogen-bond acceptors (Lipinski definition) is 3. The summed E-state index contributed by atoms with van der Waals surface area (Å²) in [7, 11) is 0. The highest BCUT2D eigenvalue weighted by Crippen LogP contribution is 2.10. The van der Waals surface area contributed by atoms with E-state index in [4.69, 9.17) is 5.73 Å². The first kappa shape index (κ1) is 17.7. The molecular formula is C17H29N3O. The van der Waals surface area contributed by atoms with E-state index in [1.165, 1.54) is 5.56 Å². The van der Waals surface area contributed by atoms with E-state index in [9.17, 15) is 4.79 Å². The SMILES string of the molecule is CCN(Cc1ccc(C(=O)NCC(C)CN)cc1)C(C)C. The van der Waals surface area contributed by atoms with E-state index in [-0.39, 0.29) is 5.91 Å². The van der Waals surface area contributed by atoms with Crippen LogP contribution < -0.4 is 11.1 Å². The van der Waals surface area contributed by atoms with Gasteiger partial charge in [-0.15, -0.1) is 0 Å². The molecule has 0 bridgehead atoms. The molecule has 0 saturated carbocycles. The van der Waals surface area contributed by atoms with Gasteiger partial charge in [0.1, 0.15) is 0 Å². The molecule has 1 amide bonds. The van der Waals surface area contributed by atoms with Gasteiger partial charge in [-0.05, 0) is 50.6 Å². The van der Waals surface area contributed by atoms with Crippen LogP contribution in [0.4, 0.5) is 0 Å². The molecule has 0 spiro atoms. The summed E-state index contributed by atoms with van der Waals surface area (Å²) in [5, 5.41) is 2.91. The summed E-state index contributed by atoms with van der Waals surface area (Å²) in [6.07, 6.45) is 0. The Kier molecular flexibility index (Phi) is 7.40. The fourth-order valence-electron chi connectivity index (χ4n) is 2.11. The molecule has 1 unspecified atom stereocenters. The van der Waals surface area contributed by atoms with Gasteiger partial charge in [-0.3, -0.25) is 9.69 Å². The molecule has 0 heterocycles. The van der Waals surface area contributed by atoms with Gasteiger partial charge in [-0.2, -0.15) is 0 Å². The highest BCUT2D eigenvalue weighted by molar-refractivity contribution is 5.94. The largest absolute Gasteiger partial charge is 0.352 e. The van der Waals surface area contributed by atoms with E-state index in [2.05, 4.69) is 31.0 Å². The maximum atomic E-state index is 12.0. The van der Waals surface area contributed by atoms with Gasteiger partial charge in [0, 0.05) is 24.7 Å². The number of nitrogens with two attached hydrogens (primary N) is 1. The van der Waals surface area contributed by atoms with Gasteiger partial charge in [0.25, 0.3) is 5.91 Å². The topological polar surface area (TPSA) is 58.4 Å². The number of rotatable bonds is 8. The minimum absolute atomic E-state index is 0.0296. The maximum absolute atomic E-state index is 12.0. The maximum Gasteiger partial charge on any atom is 0.251 e. The van der Waals surface area contributed by atoms with Crippen LogP contribution in [0.3, 0.4) is 0 Å². The summed E-state index contributed by atoms with van der Waals surface area (Å²) in [6, 6.07) is 8.38. The molecular weight excluding hydrogens is 262 g/mol. The number of nitrogens with one attached hydrogen (secondary N) is 1. The van der Waals surface area contributed by atoms with Crippen molar-refractivity contribution >= 4 is 5.91 Å². The number of carbonyl (C=O) groups excluding carboxylic acids is 1. The van der Waals surface area contributed by atoms with E-state index in [0.29, 0.717) is 30.6 Å². The predicted octanol–water partition coefficient (Wildman–Crippen LogP) is 2.24. The molecule has 0 aliphatic heterocycles. The van der Waals surface area contributed by atoms with Crippen molar-refractivity contribution in [1.29, 1.82) is 0 Å². The number of carbonyl (C=O) groups is 1. The average molecular weight is 291 g/mol. The second kappa shape index (κ2) is 8.80. The lowest BCUT2D eigenvalue weighted by Crippen LogP contribution is -2.31. The Balaban J connectivity index is 2.59. The smallest absolute Gasteiger partial charge is 0.251 e. The van der Waals surface area contributed by atoms with Crippen LogP contribution in [0, 0.1) is 5.92 Å². The normalized spacial score (nSPS) is 12.7. The summed E-state index contributed by atoms with van der Waals surface area (Å²) in [4.78, 5) is 14.4. The lowest BCUT2D eigenvalue weighted by Gasteiger charge is -2.24. The van der Waals surface area contributed by atoms with E-state index < -0.39 is 0 Å². The summed E-state index contributed by atoms with van der Waals surface area (Å²) in [5.41, 5.74) is 7.48. The van der Waals surface area contributed by atoms with Gasteiger partial charge >= 0.3 is 0 Å². The summed E-state index contributed by atoms with van der Waals surface area (Å²) >= 11 is 0. The van der Waals surface area contributed by atoms with Crippen LogP contribution in [-0.4, -0.2) is 36.5 Å². The minimum Gasteiger partial charge on any atom is -0.352 e. The highest BCUT2D eigenvalue weighted by Gasteiger charge is 2.10. The molecule has 3 N–H and O–H groups in total. The zero-order valence-corrected chi connectivity index (χ0v) is 13.7. The van der Waals surface area contributed by atoms with Gasteiger partial charge < -0.3 is 11.1 Å². The average Bonchev–Trinajstić information content (AvgIpc) is 2.50. The molecule has 0 aliphatic rings. The van der Waals surface area contributed by atoms with E-state index in [0.717, 1.165) is 13.1 Å². The quantitative estimate of drug-likeness (QED) is 0.772. The second-order valence-corrected chi connectivity index (χ2v) is 5.90. The van der Waals surface area contributed by atoms with E-state index in [1.54, 1.807) is 0 Å². The molecule has 1 atom stereocenters. The van der Waals surface area contributed by atoms with Gasteiger partial charge in [0.2, 0.25) is 0 Å². The van der Waals surface area contributed by atoms with Crippen molar-refractivity contribution in [3.63, 3.8) is 0 Å². The van der Waals surface area contributed by atoms with Crippen molar-refractivity contribution in [2.75, 3.05) is 19.6 Å². The van der Waals surface area contributed by atoms with Gasteiger partial charge in [0.15, 0.2) is 0 Å². The predicted molar refractivity (Wildman–Crippen MR) is 88.2 cm³/mol. The molecule has 0 fully saturated rings. The Morgan fingerprint density at radius 1 is 1.24 bits per heavy atom. The number of benzene rings is 1. The van der Waals surface area contributed by atoms with Crippen LogP contribution in [0.1, 0.15) is 43.6 Å². The van der Waals surface area contributed by atoms with E-state index >= 15 is 0 Å². The first-order valence-corrected chi connectivity index (χ1v) is 7.79. The molecule has 118 valence electrons. The van der Waals surface area contributed by atoms with Crippen molar-refractivity contribution in [2.24, 2.45) is 11.7 Å². The zero-order chi connectivity index (χ0) is 15.8. The highest BCUT2D eigenvalue weighted by atomic mass is 16.1. The second-order valence-electron chi connectivity index (χ2n) is 5.90. The first-order chi connectivity index (χ1) is 9.97. The van der Waals surface area contributed by atoms with Crippen LogP contribution in [0.2, 0.25) is 0 Å². The van der Waals surface area contributed by atoms with E-state index in [1.807, 2.05) is 31.2 Å². The summed E-state index contributed by atoms with van der Waals surface area (Å²) in [5.74, 6) is 0.274. The van der Waals surface area contributed by atoms with Crippen molar-refractivity contribution < 1.29 is 4.79 Å². The summed E-state index contributed by atoms with van der Waals surface area (Å²) < 4.78 is 0. The van der Waals surface area contributed by atoms with Crippen molar-refractivity contribution in [3.8, 4) is 0 Å². The standard InChI is InChI=1S/C17H29N3O/c1-5-20(13(2)3)12-15-6-8-16(9-7-15)17(21)19-11-14(4)10-18/h6-9,13-14H,5,10-12,18H2,1-4H3,(H,19,21). The molecule has 1 aromatic rings. The third-order valence-corrected chi connectivity index (χ3v) is 3.75. The van der Waals surface area contributed by atoms with Gasteiger partial charge in [0.05, 0.1) is 0 Å². The molecule has 0 radical (unpaired) electrons. The molecule has 0 aromatic heterocycles. The first-order valence-electron chi connectivity index (χ1n) is 7.79. The molecule has 1 rings (SSSR count). The zero-order valence-electron chi connectivity index (χ0n) is 13.7. The lowest BCUT2D eigenvalue weighted by molar-refractivity contribution is 0.0948. The minimum atomic E-state index is -0.0296. The Morgan fingerprint density at radius 2 is 1.86 bits per heavy atom. The monoisotopic (exact) mass is 291 g/mol. The van der Waals surface area contributed by atoms with Crippen molar-refractivity contribution in [3.05, 3.63) is 35.4 Å². The third kappa shape index (κ3) is 5.86. The van der Waals surface area contributed by atoms with Crippen LogP contribution in [-0.2, 0) is 6.54 Å². The van der Waals surface area contributed by atoms with Crippen molar-refractivity contribution in [2.45, 2.75) is 40.3 Å². The Labute approximate surface area is 128 Å². The lowest BCUT2D eigenvalue weighted by atomic mass is 10.1. The Hall–Kier alpha value is -1.39. The molecule has 1 aromatic carbocycles. The number of amides is 1. The van der Waals surface area contributed by atoms with Gasteiger partial charge in [-0.25, -0.2) is 0 Å². The fourth-order valence-corrected chi connectivity index (χ4v) is 2.11. The van der Waals surface area contributed by atoms with Crippen molar-refractivity contribution in [1.82, 2.24) is 10.2 Å². The van der Waals surface area contributed by atoms with Crippen LogP contribution in [0.25, 0.3) is 0 Å².